The largest absolute Gasteiger partial charge is 0.490 e. The van der Waals surface area contributed by atoms with Crippen LogP contribution < -0.4 is 25.4 Å². The average molecular weight is 368 g/mol. The zero-order valence-corrected chi connectivity index (χ0v) is 15.3. The molecule has 0 fully saturated rings. The maximum Gasteiger partial charge on any atom is 0.246 e. The predicted molar refractivity (Wildman–Crippen MR) is 107 cm³/mol. The van der Waals surface area contributed by atoms with Crippen LogP contribution in [0.1, 0.15) is 13.3 Å². The Labute approximate surface area is 158 Å². The van der Waals surface area contributed by atoms with Crippen molar-refractivity contribution in [3.8, 4) is 11.5 Å². The van der Waals surface area contributed by atoms with Crippen molar-refractivity contribution in [1.29, 1.82) is 0 Å². The lowest BCUT2D eigenvalue weighted by Gasteiger charge is -2.13. The third-order valence-electron chi connectivity index (χ3n) is 3.79. The lowest BCUT2D eigenvalue weighted by Crippen LogP contribution is -2.31. The Morgan fingerprint density at radius 2 is 1.78 bits per heavy atom. The number of fused-ring (bicyclic) bond motifs is 1. The van der Waals surface area contributed by atoms with Crippen molar-refractivity contribution in [2.75, 3.05) is 36.9 Å². The van der Waals surface area contributed by atoms with Crippen molar-refractivity contribution in [3.05, 3.63) is 48.5 Å². The number of aliphatic imine (C=N–C) groups is 1. The predicted octanol–water partition coefficient (Wildman–Crippen LogP) is 2.86. The highest BCUT2D eigenvalue weighted by molar-refractivity contribution is 5.97. The minimum atomic E-state index is -0.183. The third kappa shape index (κ3) is 5.64. The van der Waals surface area contributed by atoms with Gasteiger partial charge in [-0.1, -0.05) is 18.2 Å². The summed E-state index contributed by atoms with van der Waals surface area (Å²) in [7, 11) is 0. The van der Waals surface area contributed by atoms with Crippen molar-refractivity contribution >= 4 is 23.2 Å². The van der Waals surface area contributed by atoms with Gasteiger partial charge in [-0.05, 0) is 31.2 Å². The van der Waals surface area contributed by atoms with Crippen LogP contribution in [-0.4, -0.2) is 38.2 Å². The Kier molecular flexibility index (Phi) is 6.51. The molecule has 0 saturated carbocycles. The van der Waals surface area contributed by atoms with E-state index in [1.807, 2.05) is 55.5 Å². The summed E-state index contributed by atoms with van der Waals surface area (Å²) < 4.78 is 11.3. The summed E-state index contributed by atoms with van der Waals surface area (Å²) in [6.45, 7) is 3.94. The SMILES string of the molecule is CCNC(=NCC(=O)Nc1ccccc1)Nc1ccc2c(c1)OCCCO2. The average Bonchev–Trinajstić information content (AvgIpc) is 2.92. The number of carbonyl (C=O) groups is 1. The molecule has 7 nitrogen and oxygen atoms in total. The van der Waals surface area contributed by atoms with Crippen molar-refractivity contribution in [2.24, 2.45) is 4.99 Å². The van der Waals surface area contributed by atoms with Crippen molar-refractivity contribution in [2.45, 2.75) is 13.3 Å². The Hall–Kier alpha value is -3.22. The molecule has 142 valence electrons. The number of benzene rings is 2. The second-order valence-corrected chi connectivity index (χ2v) is 5.95. The second kappa shape index (κ2) is 9.47. The Morgan fingerprint density at radius 3 is 2.56 bits per heavy atom. The van der Waals surface area contributed by atoms with E-state index in [2.05, 4.69) is 20.9 Å². The number of nitrogens with one attached hydrogen (secondary N) is 3. The summed E-state index contributed by atoms with van der Waals surface area (Å²) in [4.78, 5) is 16.4. The monoisotopic (exact) mass is 368 g/mol. The van der Waals surface area contributed by atoms with E-state index in [-0.39, 0.29) is 12.5 Å². The molecule has 3 rings (SSSR count). The Morgan fingerprint density at radius 1 is 1.00 bits per heavy atom. The van der Waals surface area contributed by atoms with Gasteiger partial charge in [0.15, 0.2) is 17.5 Å². The number of rotatable bonds is 5. The van der Waals surface area contributed by atoms with E-state index in [9.17, 15) is 4.79 Å². The molecular weight excluding hydrogens is 344 g/mol. The fourth-order valence-electron chi connectivity index (χ4n) is 2.56. The summed E-state index contributed by atoms with van der Waals surface area (Å²) in [6, 6.07) is 14.9. The zero-order valence-electron chi connectivity index (χ0n) is 15.3. The van der Waals surface area contributed by atoms with E-state index in [1.54, 1.807) is 0 Å². The standard InChI is InChI=1S/C20H24N4O3/c1-2-21-20(22-14-19(25)23-15-7-4-3-5-8-15)24-16-9-10-17-18(13-16)27-12-6-11-26-17/h3-5,7-10,13H,2,6,11-12,14H2,1H3,(H,23,25)(H2,21,22,24). The van der Waals surface area contributed by atoms with Gasteiger partial charge < -0.3 is 25.4 Å². The molecule has 0 saturated heterocycles. The molecule has 0 atom stereocenters. The molecule has 1 aliphatic rings. The first kappa shape index (κ1) is 18.6. The molecule has 2 aromatic carbocycles. The zero-order chi connectivity index (χ0) is 18.9. The molecule has 2 aromatic rings. The topological polar surface area (TPSA) is 84.0 Å². The number of guanidine groups is 1. The van der Waals surface area contributed by atoms with Crippen LogP contribution in [0, 0.1) is 0 Å². The van der Waals surface area contributed by atoms with Crippen molar-refractivity contribution in [1.82, 2.24) is 5.32 Å². The number of anilines is 2. The maximum atomic E-state index is 12.1. The minimum Gasteiger partial charge on any atom is -0.490 e. The number of nitrogens with zero attached hydrogens (tertiary/aromatic N) is 1. The highest BCUT2D eigenvalue weighted by atomic mass is 16.5. The molecule has 27 heavy (non-hydrogen) atoms. The van der Waals surface area contributed by atoms with Crippen LogP contribution in [0.3, 0.4) is 0 Å². The number of amides is 1. The lowest BCUT2D eigenvalue weighted by molar-refractivity contribution is -0.114. The van der Waals surface area contributed by atoms with E-state index in [0.29, 0.717) is 31.5 Å². The molecule has 0 spiro atoms. The Bertz CT molecular complexity index is 793. The van der Waals surface area contributed by atoms with Gasteiger partial charge in [0, 0.05) is 30.4 Å². The second-order valence-electron chi connectivity index (χ2n) is 5.95. The number of carbonyl (C=O) groups excluding carboxylic acids is 1. The smallest absolute Gasteiger partial charge is 0.246 e. The van der Waals surface area contributed by atoms with Gasteiger partial charge >= 0.3 is 0 Å². The molecule has 3 N–H and O–H groups in total. The lowest BCUT2D eigenvalue weighted by atomic mass is 10.3. The van der Waals surface area contributed by atoms with E-state index >= 15 is 0 Å². The highest BCUT2D eigenvalue weighted by Crippen LogP contribution is 2.32. The number of ether oxygens (including phenoxy) is 2. The van der Waals surface area contributed by atoms with Crippen LogP contribution in [0.2, 0.25) is 0 Å². The first-order chi connectivity index (χ1) is 13.2. The summed E-state index contributed by atoms with van der Waals surface area (Å²) in [5.74, 6) is 1.78. The quantitative estimate of drug-likeness (QED) is 0.558. The first-order valence-electron chi connectivity index (χ1n) is 9.04. The summed E-state index contributed by atoms with van der Waals surface area (Å²) >= 11 is 0. The van der Waals surface area contributed by atoms with Crippen LogP contribution >= 0.6 is 0 Å². The van der Waals surface area contributed by atoms with Gasteiger partial charge in [-0.25, -0.2) is 4.99 Å². The molecule has 7 heteroatoms. The Balaban J connectivity index is 1.63. The molecule has 0 radical (unpaired) electrons. The van der Waals surface area contributed by atoms with Crippen molar-refractivity contribution < 1.29 is 14.3 Å². The van der Waals surface area contributed by atoms with Crippen LogP contribution in [0.4, 0.5) is 11.4 Å². The minimum absolute atomic E-state index is 0.00871. The summed E-state index contributed by atoms with van der Waals surface area (Å²) in [6.07, 6.45) is 0.859. The molecule has 1 amide bonds. The first-order valence-corrected chi connectivity index (χ1v) is 9.04. The molecular formula is C20H24N4O3. The molecule has 0 unspecified atom stereocenters. The summed E-state index contributed by atoms with van der Waals surface area (Å²) in [5.41, 5.74) is 1.56. The van der Waals surface area contributed by atoms with Gasteiger partial charge in [0.1, 0.15) is 6.54 Å². The van der Waals surface area contributed by atoms with Gasteiger partial charge in [-0.15, -0.1) is 0 Å². The maximum absolute atomic E-state index is 12.1. The van der Waals surface area contributed by atoms with E-state index < -0.39 is 0 Å². The van der Waals surface area contributed by atoms with Crippen LogP contribution in [0.25, 0.3) is 0 Å². The fourth-order valence-corrected chi connectivity index (χ4v) is 2.56. The normalized spacial score (nSPS) is 13.4. The van der Waals surface area contributed by atoms with Crippen LogP contribution in [-0.2, 0) is 4.79 Å². The van der Waals surface area contributed by atoms with Crippen LogP contribution in [0.5, 0.6) is 11.5 Å². The van der Waals surface area contributed by atoms with Crippen molar-refractivity contribution in [3.63, 3.8) is 0 Å². The van der Waals surface area contributed by atoms with Gasteiger partial charge in [0.2, 0.25) is 5.91 Å². The van der Waals surface area contributed by atoms with E-state index in [4.69, 9.17) is 9.47 Å². The molecule has 1 aliphatic heterocycles. The molecule has 0 aliphatic carbocycles. The fraction of sp³-hybridized carbons (Fsp3) is 0.300. The summed E-state index contributed by atoms with van der Waals surface area (Å²) in [5, 5.41) is 9.14. The number of hydrogen-bond acceptors (Lipinski definition) is 4. The van der Waals surface area contributed by atoms with Crippen LogP contribution in [0.15, 0.2) is 53.5 Å². The van der Waals surface area contributed by atoms with Gasteiger partial charge in [-0.3, -0.25) is 4.79 Å². The highest BCUT2D eigenvalue weighted by Gasteiger charge is 2.11. The number of para-hydroxylation sites is 1. The number of hydrogen-bond donors (Lipinski definition) is 3. The molecule has 0 aromatic heterocycles. The van der Waals surface area contributed by atoms with E-state index in [0.717, 1.165) is 23.5 Å². The van der Waals surface area contributed by atoms with E-state index in [1.165, 1.54) is 0 Å². The molecule has 1 heterocycles. The molecule has 0 bridgehead atoms. The van der Waals surface area contributed by atoms with Gasteiger partial charge in [0.05, 0.1) is 13.2 Å². The van der Waals surface area contributed by atoms with Gasteiger partial charge in [-0.2, -0.15) is 0 Å². The van der Waals surface area contributed by atoms with Gasteiger partial charge in [0.25, 0.3) is 0 Å². The third-order valence-corrected chi connectivity index (χ3v) is 3.79.